The van der Waals surface area contributed by atoms with Crippen LogP contribution in [0.5, 0.6) is 0 Å². The van der Waals surface area contributed by atoms with E-state index in [1.165, 1.54) is 32.7 Å². The Balaban J connectivity index is 2.24. The molecule has 24 heavy (non-hydrogen) atoms. The summed E-state index contributed by atoms with van der Waals surface area (Å²) in [6, 6.07) is 25.7. The zero-order valence-electron chi connectivity index (χ0n) is 13.5. The van der Waals surface area contributed by atoms with E-state index in [1.807, 2.05) is 18.2 Å². The van der Waals surface area contributed by atoms with Crippen molar-refractivity contribution in [2.45, 2.75) is 0 Å². The van der Waals surface area contributed by atoms with Crippen molar-refractivity contribution in [1.29, 1.82) is 0 Å². The smallest absolute Gasteiger partial charge is 0.00926 e. The SMILES string of the molecule is C=C/C=c1\c(=C)cc(-c2ccccc2)c2cc3ccccc3cc12. The Bertz CT molecular complexity index is 1170. The lowest BCUT2D eigenvalue weighted by Gasteiger charge is -2.10. The van der Waals surface area contributed by atoms with E-state index in [2.05, 4.69) is 79.9 Å². The molecule has 0 saturated heterocycles. The van der Waals surface area contributed by atoms with Gasteiger partial charge in [0.25, 0.3) is 0 Å². The van der Waals surface area contributed by atoms with Gasteiger partial charge in [0.05, 0.1) is 0 Å². The van der Waals surface area contributed by atoms with E-state index in [9.17, 15) is 0 Å². The Kier molecular flexibility index (Phi) is 3.51. The van der Waals surface area contributed by atoms with Crippen molar-refractivity contribution in [2.75, 3.05) is 0 Å². The fraction of sp³-hybridized carbons (Fsp3) is 0. The molecule has 0 amide bonds. The summed E-state index contributed by atoms with van der Waals surface area (Å²) in [5.41, 5.74) is 2.44. The summed E-state index contributed by atoms with van der Waals surface area (Å²) in [5.74, 6) is 0. The molecule has 0 heteroatoms. The van der Waals surface area contributed by atoms with E-state index in [-0.39, 0.29) is 0 Å². The van der Waals surface area contributed by atoms with Gasteiger partial charge >= 0.3 is 0 Å². The summed E-state index contributed by atoms with van der Waals surface area (Å²) in [7, 11) is 0. The van der Waals surface area contributed by atoms with Crippen LogP contribution in [0.15, 0.2) is 85.5 Å². The maximum atomic E-state index is 4.28. The third-order valence-corrected chi connectivity index (χ3v) is 4.50. The predicted molar refractivity (Wildman–Crippen MR) is 106 cm³/mol. The average Bonchev–Trinajstić information content (AvgIpc) is 2.63. The number of rotatable bonds is 2. The maximum Gasteiger partial charge on any atom is -0.00926 e. The largest absolute Gasteiger partial charge is 0.0990 e. The molecule has 0 unspecified atom stereocenters. The van der Waals surface area contributed by atoms with Crippen LogP contribution in [0.2, 0.25) is 0 Å². The first-order valence-corrected chi connectivity index (χ1v) is 8.10. The summed E-state index contributed by atoms with van der Waals surface area (Å²) in [4.78, 5) is 0. The summed E-state index contributed by atoms with van der Waals surface area (Å²) in [6.45, 7) is 8.14. The lowest BCUT2D eigenvalue weighted by molar-refractivity contribution is 1.58. The van der Waals surface area contributed by atoms with Gasteiger partial charge in [-0.2, -0.15) is 0 Å². The molecule has 0 spiro atoms. The Labute approximate surface area is 141 Å². The van der Waals surface area contributed by atoms with Gasteiger partial charge in [0.1, 0.15) is 0 Å². The number of hydrogen-bond donors (Lipinski definition) is 0. The fourth-order valence-electron chi connectivity index (χ4n) is 3.36. The predicted octanol–water partition coefficient (Wildman–Crippen LogP) is 5.04. The van der Waals surface area contributed by atoms with Gasteiger partial charge in [0, 0.05) is 0 Å². The highest BCUT2D eigenvalue weighted by Crippen LogP contribution is 2.29. The van der Waals surface area contributed by atoms with Gasteiger partial charge in [0.15, 0.2) is 0 Å². The van der Waals surface area contributed by atoms with Crippen LogP contribution in [0.3, 0.4) is 0 Å². The number of benzene rings is 4. The van der Waals surface area contributed by atoms with Crippen LogP contribution in [0.1, 0.15) is 0 Å². The van der Waals surface area contributed by atoms with Crippen molar-refractivity contribution >= 4 is 34.2 Å². The third-order valence-electron chi connectivity index (χ3n) is 4.50. The lowest BCUT2D eigenvalue weighted by atomic mass is 9.93. The first kappa shape index (κ1) is 14.5. The second-order valence-electron chi connectivity index (χ2n) is 6.01. The Hall–Kier alpha value is -3.12. The third kappa shape index (κ3) is 2.33. The maximum absolute atomic E-state index is 4.28. The molecule has 0 bridgehead atoms. The normalized spacial score (nSPS) is 11.9. The molecule has 0 heterocycles. The summed E-state index contributed by atoms with van der Waals surface area (Å²) < 4.78 is 0. The van der Waals surface area contributed by atoms with Crippen LogP contribution in [-0.4, -0.2) is 0 Å². The summed E-state index contributed by atoms with van der Waals surface area (Å²) >= 11 is 0. The summed E-state index contributed by atoms with van der Waals surface area (Å²) in [5, 5.41) is 7.14. The van der Waals surface area contributed by atoms with Crippen molar-refractivity contribution in [3.05, 3.63) is 95.9 Å². The van der Waals surface area contributed by atoms with Crippen molar-refractivity contribution < 1.29 is 0 Å². The second kappa shape index (κ2) is 5.82. The van der Waals surface area contributed by atoms with E-state index >= 15 is 0 Å². The second-order valence-corrected chi connectivity index (χ2v) is 6.01. The molecule has 4 aromatic carbocycles. The molecule has 0 atom stereocenters. The van der Waals surface area contributed by atoms with Gasteiger partial charge in [-0.05, 0) is 61.3 Å². The Morgan fingerprint density at radius 2 is 1.33 bits per heavy atom. The Morgan fingerprint density at radius 3 is 2.00 bits per heavy atom. The monoisotopic (exact) mass is 306 g/mol. The molecule has 0 radical (unpaired) electrons. The quantitative estimate of drug-likeness (QED) is 0.455. The van der Waals surface area contributed by atoms with Gasteiger partial charge in [-0.15, -0.1) is 0 Å². The van der Waals surface area contributed by atoms with Gasteiger partial charge in [-0.1, -0.05) is 79.9 Å². The van der Waals surface area contributed by atoms with E-state index < -0.39 is 0 Å². The van der Waals surface area contributed by atoms with Crippen molar-refractivity contribution in [3.8, 4) is 11.1 Å². The minimum absolute atomic E-state index is 1.02. The van der Waals surface area contributed by atoms with Crippen LogP contribution < -0.4 is 10.4 Å². The van der Waals surface area contributed by atoms with Crippen molar-refractivity contribution in [1.82, 2.24) is 0 Å². The lowest BCUT2D eigenvalue weighted by Crippen LogP contribution is -2.24. The Morgan fingerprint density at radius 1 is 0.708 bits per heavy atom. The standard InChI is InChI=1S/C24H18/c1-3-9-21-17(2)14-22(18-10-5-4-6-11-18)24-16-20-13-8-7-12-19(20)15-23(21)24/h3-16H,1-2H2/b21-9+. The topological polar surface area (TPSA) is 0 Å². The molecular formula is C24H18. The molecule has 4 rings (SSSR count). The zero-order valence-corrected chi connectivity index (χ0v) is 13.5. The molecule has 0 aliphatic carbocycles. The highest BCUT2D eigenvalue weighted by Gasteiger charge is 2.07. The molecule has 0 aliphatic rings. The van der Waals surface area contributed by atoms with Crippen molar-refractivity contribution in [3.63, 3.8) is 0 Å². The molecule has 0 fully saturated rings. The first-order chi connectivity index (χ1) is 11.8. The van der Waals surface area contributed by atoms with Crippen LogP contribution in [0, 0.1) is 0 Å². The highest BCUT2D eigenvalue weighted by molar-refractivity contribution is 6.05. The number of fused-ring (bicyclic) bond motifs is 2. The van der Waals surface area contributed by atoms with Gasteiger partial charge in [-0.3, -0.25) is 0 Å². The molecular weight excluding hydrogens is 288 g/mol. The molecule has 0 nitrogen and oxygen atoms in total. The van der Waals surface area contributed by atoms with E-state index in [0.29, 0.717) is 0 Å². The highest BCUT2D eigenvalue weighted by atomic mass is 14.1. The fourth-order valence-corrected chi connectivity index (χ4v) is 3.36. The molecule has 0 saturated carbocycles. The van der Waals surface area contributed by atoms with Crippen LogP contribution >= 0.6 is 0 Å². The summed E-state index contributed by atoms with van der Waals surface area (Å²) in [6.07, 6.45) is 3.88. The van der Waals surface area contributed by atoms with E-state index in [0.717, 1.165) is 10.4 Å². The minimum Gasteiger partial charge on any atom is -0.0990 e. The molecule has 0 aliphatic heterocycles. The van der Waals surface area contributed by atoms with E-state index in [4.69, 9.17) is 0 Å². The van der Waals surface area contributed by atoms with Crippen LogP contribution in [0.4, 0.5) is 0 Å². The zero-order chi connectivity index (χ0) is 16.5. The molecule has 4 aromatic rings. The van der Waals surface area contributed by atoms with Crippen molar-refractivity contribution in [2.24, 2.45) is 0 Å². The number of hydrogen-bond acceptors (Lipinski definition) is 0. The van der Waals surface area contributed by atoms with Gasteiger partial charge in [-0.25, -0.2) is 0 Å². The molecule has 114 valence electrons. The van der Waals surface area contributed by atoms with Crippen LogP contribution in [0.25, 0.3) is 45.3 Å². The first-order valence-electron chi connectivity index (χ1n) is 8.10. The number of allylic oxidation sites excluding steroid dienone is 1. The molecule has 0 N–H and O–H groups in total. The average molecular weight is 306 g/mol. The van der Waals surface area contributed by atoms with Gasteiger partial charge < -0.3 is 0 Å². The molecule has 0 aromatic heterocycles. The van der Waals surface area contributed by atoms with Gasteiger partial charge in [0.2, 0.25) is 0 Å². The minimum atomic E-state index is 1.02. The van der Waals surface area contributed by atoms with E-state index in [1.54, 1.807) is 0 Å². The van der Waals surface area contributed by atoms with Crippen LogP contribution in [-0.2, 0) is 0 Å².